The van der Waals surface area contributed by atoms with E-state index in [9.17, 15) is 19.8 Å². The summed E-state index contributed by atoms with van der Waals surface area (Å²) < 4.78 is 11.4. The molecule has 0 aromatic rings. The molecule has 208 valence electrons. The zero-order valence-electron chi connectivity index (χ0n) is 23.7. The van der Waals surface area contributed by atoms with Crippen molar-refractivity contribution in [2.45, 2.75) is 138 Å². The normalized spacial score (nSPS) is 12.4. The first-order chi connectivity index (χ1) is 16.6. The average Bonchev–Trinajstić information content (AvgIpc) is 2.83. The van der Waals surface area contributed by atoms with Gasteiger partial charge < -0.3 is 19.7 Å². The highest BCUT2D eigenvalue weighted by Crippen LogP contribution is 2.41. The summed E-state index contributed by atoms with van der Waals surface area (Å²) in [5.74, 6) is -1.43. The number of unbranched alkanes of at least 4 members (excludes halogenated alkanes) is 10. The van der Waals surface area contributed by atoms with Crippen LogP contribution in [-0.2, 0) is 19.1 Å². The van der Waals surface area contributed by atoms with Crippen molar-refractivity contribution in [2.24, 2.45) is 16.7 Å². The largest absolute Gasteiger partial charge is 0.465 e. The van der Waals surface area contributed by atoms with Crippen LogP contribution in [0.3, 0.4) is 0 Å². The Bertz CT molecular complexity index is 537. The van der Waals surface area contributed by atoms with E-state index >= 15 is 0 Å². The molecule has 0 unspecified atom stereocenters. The Morgan fingerprint density at radius 3 is 1.49 bits per heavy atom. The van der Waals surface area contributed by atoms with Crippen molar-refractivity contribution in [2.75, 3.05) is 19.8 Å². The fourth-order valence-electron chi connectivity index (χ4n) is 3.91. The highest BCUT2D eigenvalue weighted by molar-refractivity contribution is 5.87. The first-order valence-corrected chi connectivity index (χ1v) is 14.2. The summed E-state index contributed by atoms with van der Waals surface area (Å²) in [5.41, 5.74) is -2.21. The lowest BCUT2D eigenvalue weighted by atomic mass is 9.68. The Kier molecular flexibility index (Phi) is 18.4. The molecular weight excluding hydrogens is 444 g/mol. The minimum Gasteiger partial charge on any atom is -0.465 e. The zero-order chi connectivity index (χ0) is 26.7. The molecule has 0 aromatic carbocycles. The Balaban J connectivity index is 5.02. The van der Waals surface area contributed by atoms with E-state index in [-0.39, 0.29) is 31.9 Å². The van der Waals surface area contributed by atoms with Crippen LogP contribution in [0.15, 0.2) is 0 Å². The summed E-state index contributed by atoms with van der Waals surface area (Å²) in [6, 6.07) is 0. The van der Waals surface area contributed by atoms with Crippen molar-refractivity contribution in [3.63, 3.8) is 0 Å². The van der Waals surface area contributed by atoms with Crippen molar-refractivity contribution in [1.82, 2.24) is 0 Å². The van der Waals surface area contributed by atoms with Gasteiger partial charge in [0.15, 0.2) is 0 Å². The van der Waals surface area contributed by atoms with Crippen LogP contribution >= 0.6 is 0 Å². The zero-order valence-corrected chi connectivity index (χ0v) is 23.7. The van der Waals surface area contributed by atoms with Gasteiger partial charge in [-0.25, -0.2) is 0 Å². The van der Waals surface area contributed by atoms with E-state index in [1.54, 1.807) is 27.7 Å². The molecule has 0 atom stereocenters. The molecule has 0 aliphatic rings. The van der Waals surface area contributed by atoms with Gasteiger partial charge >= 0.3 is 11.9 Å². The predicted octanol–water partition coefficient (Wildman–Crippen LogP) is 6.60. The Morgan fingerprint density at radius 2 is 1.06 bits per heavy atom. The van der Waals surface area contributed by atoms with Gasteiger partial charge in [0.1, 0.15) is 6.10 Å². The van der Waals surface area contributed by atoms with E-state index in [0.717, 1.165) is 38.5 Å². The molecule has 0 saturated heterocycles. The van der Waals surface area contributed by atoms with Crippen LogP contribution in [0, 0.1) is 16.7 Å². The van der Waals surface area contributed by atoms with Crippen LogP contribution in [0.2, 0.25) is 0 Å². The van der Waals surface area contributed by atoms with Crippen LogP contribution in [0.5, 0.6) is 0 Å². The molecule has 0 heterocycles. The van der Waals surface area contributed by atoms with Crippen molar-refractivity contribution < 1.29 is 29.3 Å². The second-order valence-electron chi connectivity index (χ2n) is 11.2. The lowest BCUT2D eigenvalue weighted by Gasteiger charge is -2.38. The molecule has 0 radical (unpaired) electrons. The molecule has 0 amide bonds. The fourth-order valence-corrected chi connectivity index (χ4v) is 3.91. The van der Waals surface area contributed by atoms with E-state index in [2.05, 4.69) is 13.8 Å². The molecule has 2 N–H and O–H groups in total. The summed E-state index contributed by atoms with van der Waals surface area (Å²) in [4.78, 5) is 26.2. The van der Waals surface area contributed by atoms with Gasteiger partial charge in [0, 0.05) is 5.92 Å². The maximum Gasteiger partial charge on any atom is 0.312 e. The third kappa shape index (κ3) is 13.1. The topological polar surface area (TPSA) is 93.1 Å². The molecule has 0 bridgehead atoms. The number of hydrogen-bond acceptors (Lipinski definition) is 6. The molecule has 0 saturated carbocycles. The van der Waals surface area contributed by atoms with Crippen LogP contribution < -0.4 is 0 Å². The van der Waals surface area contributed by atoms with E-state index in [1.807, 2.05) is 0 Å². The minimum absolute atomic E-state index is 0.0842. The standard InChI is InChI=1S/C29H56O6/c1-7-9-11-13-15-17-19-25(20-18-16-14-12-10-8-2)35-27(33)29(5,6)28(3,4)26(32)34-23-24(21-30)22-31/h24-25,30-31H,7-23H2,1-6H3. The Hall–Kier alpha value is -1.14. The number of carbonyl (C=O) groups excluding carboxylic acids is 2. The molecule has 0 aromatic heterocycles. The van der Waals surface area contributed by atoms with E-state index in [0.29, 0.717) is 0 Å². The minimum atomic E-state index is -1.12. The Morgan fingerprint density at radius 1 is 0.657 bits per heavy atom. The molecule has 35 heavy (non-hydrogen) atoms. The number of ether oxygens (including phenoxy) is 2. The van der Waals surface area contributed by atoms with E-state index < -0.39 is 22.7 Å². The lowest BCUT2D eigenvalue weighted by Crippen LogP contribution is -2.48. The molecule has 0 spiro atoms. The second kappa shape index (κ2) is 19.0. The highest BCUT2D eigenvalue weighted by Gasteiger charge is 2.51. The van der Waals surface area contributed by atoms with Crippen LogP contribution in [-0.4, -0.2) is 48.1 Å². The second-order valence-corrected chi connectivity index (χ2v) is 11.2. The molecule has 6 nitrogen and oxygen atoms in total. The number of hydrogen-bond donors (Lipinski definition) is 2. The first-order valence-electron chi connectivity index (χ1n) is 14.2. The van der Waals surface area contributed by atoms with Gasteiger partial charge in [0.05, 0.1) is 30.7 Å². The number of rotatable bonds is 22. The quantitative estimate of drug-likeness (QED) is 0.129. The van der Waals surface area contributed by atoms with Crippen molar-refractivity contribution >= 4 is 11.9 Å². The van der Waals surface area contributed by atoms with Gasteiger partial charge in [0.2, 0.25) is 0 Å². The maximum atomic E-state index is 13.3. The summed E-state index contributed by atoms with van der Waals surface area (Å²) in [7, 11) is 0. The summed E-state index contributed by atoms with van der Waals surface area (Å²) in [5, 5.41) is 18.5. The predicted molar refractivity (Wildman–Crippen MR) is 142 cm³/mol. The summed E-state index contributed by atoms with van der Waals surface area (Å²) >= 11 is 0. The van der Waals surface area contributed by atoms with Gasteiger partial charge in [-0.3, -0.25) is 9.59 Å². The Labute approximate surface area is 215 Å². The number of carbonyl (C=O) groups is 2. The monoisotopic (exact) mass is 500 g/mol. The van der Waals surface area contributed by atoms with Crippen molar-refractivity contribution in [3.05, 3.63) is 0 Å². The molecule has 0 rings (SSSR count). The fraction of sp³-hybridized carbons (Fsp3) is 0.931. The smallest absolute Gasteiger partial charge is 0.312 e. The summed E-state index contributed by atoms with van der Waals surface area (Å²) in [6.07, 6.45) is 16.0. The van der Waals surface area contributed by atoms with Gasteiger partial charge in [0.25, 0.3) is 0 Å². The third-order valence-corrected chi connectivity index (χ3v) is 7.58. The highest BCUT2D eigenvalue weighted by atomic mass is 16.5. The van der Waals surface area contributed by atoms with Crippen LogP contribution in [0.25, 0.3) is 0 Å². The summed E-state index contributed by atoms with van der Waals surface area (Å²) in [6.45, 7) is 10.7. The van der Waals surface area contributed by atoms with E-state index in [4.69, 9.17) is 9.47 Å². The molecule has 6 heteroatoms. The van der Waals surface area contributed by atoms with Crippen LogP contribution in [0.4, 0.5) is 0 Å². The molecule has 0 aliphatic heterocycles. The number of esters is 2. The SMILES string of the molecule is CCCCCCCCC(CCCCCCCC)OC(=O)C(C)(C)C(C)(C)C(=O)OCC(CO)CO. The van der Waals surface area contributed by atoms with Crippen molar-refractivity contribution in [1.29, 1.82) is 0 Å². The third-order valence-electron chi connectivity index (χ3n) is 7.58. The molecule has 0 fully saturated rings. The number of aliphatic hydroxyl groups is 2. The molecule has 0 aliphatic carbocycles. The van der Waals surface area contributed by atoms with Crippen LogP contribution in [0.1, 0.15) is 131 Å². The lowest BCUT2D eigenvalue weighted by molar-refractivity contribution is -0.180. The van der Waals surface area contributed by atoms with Gasteiger partial charge in [-0.1, -0.05) is 78.1 Å². The van der Waals surface area contributed by atoms with Gasteiger partial charge in [-0.05, 0) is 53.4 Å². The van der Waals surface area contributed by atoms with Gasteiger partial charge in [-0.2, -0.15) is 0 Å². The molecular formula is C29H56O6. The van der Waals surface area contributed by atoms with Gasteiger partial charge in [-0.15, -0.1) is 0 Å². The van der Waals surface area contributed by atoms with E-state index in [1.165, 1.54) is 51.4 Å². The first kappa shape index (κ1) is 33.9. The maximum absolute atomic E-state index is 13.3. The number of aliphatic hydroxyl groups excluding tert-OH is 2. The van der Waals surface area contributed by atoms with Crippen molar-refractivity contribution in [3.8, 4) is 0 Å². The average molecular weight is 501 g/mol.